The minimum Gasteiger partial charge on any atom is -0.316 e. The van der Waals surface area contributed by atoms with Crippen molar-refractivity contribution in [2.24, 2.45) is 0 Å². The van der Waals surface area contributed by atoms with Crippen LogP contribution in [0, 0.1) is 0 Å². The zero-order chi connectivity index (χ0) is 13.6. The fraction of sp³-hybridized carbons (Fsp3) is 0.500. The highest BCUT2D eigenvalue weighted by Gasteiger charge is 2.27. The van der Waals surface area contributed by atoms with Crippen LogP contribution in [0.5, 0.6) is 0 Å². The van der Waals surface area contributed by atoms with Crippen LogP contribution in [0.25, 0.3) is 0 Å². The van der Waals surface area contributed by atoms with Crippen LogP contribution in [0.15, 0.2) is 29.2 Å². The Hall–Kier alpha value is -0.390. The normalized spacial score (nSPS) is 13.6. The zero-order valence-corrected chi connectivity index (χ0v) is 11.5. The van der Waals surface area contributed by atoms with E-state index in [1.807, 2.05) is 18.2 Å². The van der Waals surface area contributed by atoms with Gasteiger partial charge in [-0.1, -0.05) is 17.7 Å². The van der Waals surface area contributed by atoms with Crippen LogP contribution in [-0.2, 0) is 0 Å². The van der Waals surface area contributed by atoms with E-state index < -0.39 is 12.6 Å². The highest BCUT2D eigenvalue weighted by atomic mass is 35.5. The first kappa shape index (κ1) is 15.7. The quantitative estimate of drug-likeness (QED) is 0.783. The molecule has 0 aliphatic heterocycles. The van der Waals surface area contributed by atoms with Crippen molar-refractivity contribution in [3.8, 4) is 0 Å². The minimum atomic E-state index is -4.09. The Bertz CT molecular complexity index is 371. The maximum atomic E-state index is 12.1. The summed E-state index contributed by atoms with van der Waals surface area (Å²) in [6, 6.07) is 7.14. The summed E-state index contributed by atoms with van der Waals surface area (Å²) >= 11 is 7.34. The molecule has 1 rings (SSSR count). The third-order valence-corrected chi connectivity index (χ3v) is 3.82. The Morgan fingerprint density at radius 2 is 2.11 bits per heavy atom. The number of halogens is 4. The smallest absolute Gasteiger partial charge is 0.316 e. The predicted molar refractivity (Wildman–Crippen MR) is 70.3 cm³/mol. The predicted octanol–water partition coefficient (Wildman–Crippen LogP) is 4.36. The van der Waals surface area contributed by atoms with Gasteiger partial charge in [0.2, 0.25) is 0 Å². The molecule has 1 N–H and O–H groups in total. The van der Waals surface area contributed by atoms with Gasteiger partial charge < -0.3 is 5.32 Å². The van der Waals surface area contributed by atoms with Crippen LogP contribution >= 0.6 is 23.4 Å². The van der Waals surface area contributed by atoms with E-state index in [2.05, 4.69) is 5.32 Å². The van der Waals surface area contributed by atoms with Gasteiger partial charge >= 0.3 is 6.18 Å². The highest BCUT2D eigenvalue weighted by molar-refractivity contribution is 7.99. The first-order valence-electron chi connectivity index (χ1n) is 5.53. The van der Waals surface area contributed by atoms with Crippen LogP contribution in [0.1, 0.15) is 12.8 Å². The summed E-state index contributed by atoms with van der Waals surface area (Å²) in [5.41, 5.74) is 0. The summed E-state index contributed by atoms with van der Waals surface area (Å²) in [4.78, 5) is 0.967. The van der Waals surface area contributed by atoms with Gasteiger partial charge in [-0.3, -0.25) is 0 Å². The van der Waals surface area contributed by atoms with Gasteiger partial charge in [-0.05, 0) is 31.7 Å². The molecule has 1 unspecified atom stereocenters. The standard InChI is InChI=1S/C12H15ClF3NS/c1-17-10(5-6-12(14,15)16)8-18-11-4-2-3-9(13)7-11/h2-4,7,10,17H,5-6,8H2,1H3. The number of benzene rings is 1. The van der Waals surface area contributed by atoms with E-state index in [1.165, 1.54) is 11.8 Å². The minimum absolute atomic E-state index is 0.0908. The summed E-state index contributed by atoms with van der Waals surface area (Å²) in [6.07, 6.45) is -4.75. The SMILES string of the molecule is CNC(CCC(F)(F)F)CSc1cccc(Cl)c1. The van der Waals surface area contributed by atoms with E-state index in [-0.39, 0.29) is 12.5 Å². The molecule has 102 valence electrons. The maximum absolute atomic E-state index is 12.1. The first-order chi connectivity index (χ1) is 8.40. The molecule has 0 spiro atoms. The highest BCUT2D eigenvalue weighted by Crippen LogP contribution is 2.26. The largest absolute Gasteiger partial charge is 0.389 e. The van der Waals surface area contributed by atoms with Crippen LogP contribution in [-0.4, -0.2) is 25.0 Å². The molecule has 0 aromatic heterocycles. The summed E-state index contributed by atoms with van der Waals surface area (Å²) in [6.45, 7) is 0. The molecule has 0 aliphatic rings. The molecule has 0 saturated heterocycles. The lowest BCUT2D eigenvalue weighted by molar-refractivity contribution is -0.136. The average Bonchev–Trinajstić information content (AvgIpc) is 2.28. The van der Waals surface area contributed by atoms with Crippen LogP contribution in [0.4, 0.5) is 13.2 Å². The van der Waals surface area contributed by atoms with Crippen molar-refractivity contribution in [1.82, 2.24) is 5.32 Å². The van der Waals surface area contributed by atoms with E-state index >= 15 is 0 Å². The monoisotopic (exact) mass is 297 g/mol. The third-order valence-electron chi connectivity index (χ3n) is 2.43. The molecule has 0 amide bonds. The Kier molecular flexibility index (Phi) is 6.32. The number of hydrogen-bond donors (Lipinski definition) is 1. The fourth-order valence-electron chi connectivity index (χ4n) is 1.40. The molecule has 0 saturated carbocycles. The number of nitrogens with one attached hydrogen (secondary N) is 1. The summed E-state index contributed by atoms with van der Waals surface area (Å²) in [7, 11) is 1.68. The van der Waals surface area contributed by atoms with Crippen LogP contribution < -0.4 is 5.32 Å². The van der Waals surface area contributed by atoms with E-state index in [1.54, 1.807) is 13.1 Å². The van der Waals surface area contributed by atoms with Gasteiger partial charge in [0.15, 0.2) is 0 Å². The second kappa shape index (κ2) is 7.26. The molecule has 1 atom stereocenters. The molecule has 0 aliphatic carbocycles. The summed E-state index contributed by atoms with van der Waals surface area (Å²) in [5.74, 6) is 0.590. The Balaban J connectivity index is 2.40. The van der Waals surface area contributed by atoms with Gasteiger partial charge in [0.25, 0.3) is 0 Å². The zero-order valence-electron chi connectivity index (χ0n) is 9.93. The molecular weight excluding hydrogens is 283 g/mol. The Labute approximate surface area is 114 Å². The lowest BCUT2D eigenvalue weighted by Crippen LogP contribution is -2.29. The second-order valence-corrected chi connectivity index (χ2v) is 5.44. The molecule has 6 heteroatoms. The number of hydrogen-bond acceptors (Lipinski definition) is 2. The van der Waals surface area contributed by atoms with Gasteiger partial charge in [0.1, 0.15) is 0 Å². The molecule has 18 heavy (non-hydrogen) atoms. The van der Waals surface area contributed by atoms with Crippen molar-refractivity contribution >= 4 is 23.4 Å². The van der Waals surface area contributed by atoms with Gasteiger partial charge in [0.05, 0.1) is 0 Å². The molecular formula is C12H15ClF3NS. The van der Waals surface area contributed by atoms with Crippen molar-refractivity contribution in [3.63, 3.8) is 0 Å². The fourth-order valence-corrected chi connectivity index (χ4v) is 2.77. The molecule has 0 bridgehead atoms. The number of rotatable bonds is 6. The van der Waals surface area contributed by atoms with Gasteiger partial charge in [-0.15, -0.1) is 11.8 Å². The Morgan fingerprint density at radius 1 is 1.39 bits per heavy atom. The van der Waals surface area contributed by atoms with Crippen molar-refractivity contribution in [3.05, 3.63) is 29.3 Å². The van der Waals surface area contributed by atoms with E-state index in [0.717, 1.165) is 4.90 Å². The van der Waals surface area contributed by atoms with Crippen LogP contribution in [0.3, 0.4) is 0 Å². The lowest BCUT2D eigenvalue weighted by Gasteiger charge is -2.16. The number of alkyl halides is 3. The molecule has 1 aromatic carbocycles. The topological polar surface area (TPSA) is 12.0 Å². The van der Waals surface area contributed by atoms with Crippen LogP contribution in [0.2, 0.25) is 5.02 Å². The van der Waals surface area contributed by atoms with Crippen molar-refractivity contribution < 1.29 is 13.2 Å². The summed E-state index contributed by atoms with van der Waals surface area (Å²) < 4.78 is 36.3. The van der Waals surface area contributed by atoms with E-state index in [9.17, 15) is 13.2 Å². The van der Waals surface area contributed by atoms with Crippen molar-refractivity contribution in [1.29, 1.82) is 0 Å². The average molecular weight is 298 g/mol. The molecule has 1 nitrogen and oxygen atoms in total. The van der Waals surface area contributed by atoms with Crippen molar-refractivity contribution in [2.75, 3.05) is 12.8 Å². The first-order valence-corrected chi connectivity index (χ1v) is 6.89. The maximum Gasteiger partial charge on any atom is 0.389 e. The molecule has 0 radical (unpaired) electrons. The molecule has 1 aromatic rings. The third kappa shape index (κ3) is 6.52. The second-order valence-electron chi connectivity index (χ2n) is 3.91. The molecule has 0 heterocycles. The van der Waals surface area contributed by atoms with Gasteiger partial charge in [-0.2, -0.15) is 13.2 Å². The van der Waals surface area contributed by atoms with Crippen molar-refractivity contribution in [2.45, 2.75) is 30.0 Å². The number of thioether (sulfide) groups is 1. The molecule has 0 fully saturated rings. The van der Waals surface area contributed by atoms with E-state index in [4.69, 9.17) is 11.6 Å². The lowest BCUT2D eigenvalue weighted by atomic mass is 10.2. The summed E-state index contributed by atoms with van der Waals surface area (Å²) in [5, 5.41) is 3.54. The van der Waals surface area contributed by atoms with E-state index in [0.29, 0.717) is 10.8 Å². The Morgan fingerprint density at radius 3 is 2.67 bits per heavy atom. The van der Waals surface area contributed by atoms with Gasteiger partial charge in [-0.25, -0.2) is 0 Å². The van der Waals surface area contributed by atoms with Gasteiger partial charge in [0, 0.05) is 28.1 Å².